The maximum absolute atomic E-state index is 13.0. The van der Waals surface area contributed by atoms with Crippen molar-refractivity contribution in [3.8, 4) is 5.75 Å². The van der Waals surface area contributed by atoms with Crippen LogP contribution in [-0.2, 0) is 6.54 Å². The largest absolute Gasteiger partial charge is 0.497 e. The molecule has 7 heteroatoms. The molecule has 31 heavy (non-hydrogen) atoms. The number of β-amino-alcohol motifs (C(OH)–C–C–N with tert-alkyl or cyclic N) is 1. The predicted molar refractivity (Wildman–Crippen MR) is 118 cm³/mol. The second kappa shape index (κ2) is 11.1. The van der Waals surface area contributed by atoms with Gasteiger partial charge in [0.15, 0.2) is 0 Å². The second-order valence-electron chi connectivity index (χ2n) is 8.20. The quantitative estimate of drug-likeness (QED) is 0.675. The number of urea groups is 1. The number of piperidine rings is 1. The molecule has 1 fully saturated rings. The molecule has 0 bridgehead atoms. The van der Waals surface area contributed by atoms with Gasteiger partial charge in [-0.05, 0) is 67.2 Å². The number of amides is 2. The van der Waals surface area contributed by atoms with E-state index < -0.39 is 6.10 Å². The van der Waals surface area contributed by atoms with E-state index in [-0.39, 0.29) is 11.8 Å². The Morgan fingerprint density at radius 3 is 2.45 bits per heavy atom. The summed E-state index contributed by atoms with van der Waals surface area (Å²) in [6.45, 7) is 3.49. The number of nitrogens with zero attached hydrogens (tertiary/aromatic N) is 2. The van der Waals surface area contributed by atoms with Crippen LogP contribution in [0.25, 0.3) is 0 Å². The summed E-state index contributed by atoms with van der Waals surface area (Å²) >= 11 is 0. The number of likely N-dealkylation sites (tertiary alicyclic amines) is 1. The molecule has 2 aromatic carbocycles. The maximum atomic E-state index is 13.0. The van der Waals surface area contributed by atoms with Crippen LogP contribution in [0.15, 0.2) is 48.5 Å². The summed E-state index contributed by atoms with van der Waals surface area (Å²) in [5.74, 6) is 0.939. The molecule has 1 aliphatic heterocycles. The lowest BCUT2D eigenvalue weighted by Crippen LogP contribution is -2.43. The first-order valence-corrected chi connectivity index (χ1v) is 10.7. The zero-order valence-corrected chi connectivity index (χ0v) is 18.3. The number of aliphatic hydroxyl groups is 1. The lowest BCUT2D eigenvalue weighted by atomic mass is 9.95. The Kier molecular flexibility index (Phi) is 8.26. The minimum Gasteiger partial charge on any atom is -0.497 e. The molecular weight excluding hydrogens is 397 g/mol. The number of rotatable bonds is 8. The number of carbonyl (C=O) groups is 1. The number of halogens is 1. The third-order valence-electron chi connectivity index (χ3n) is 5.87. The van der Waals surface area contributed by atoms with E-state index in [1.165, 1.54) is 12.1 Å². The Bertz CT molecular complexity index is 821. The molecule has 1 aliphatic rings. The summed E-state index contributed by atoms with van der Waals surface area (Å²) in [6, 6.07) is 13.6. The number of ether oxygens (including phenoxy) is 1. The van der Waals surface area contributed by atoms with Crippen LogP contribution in [0.4, 0.5) is 9.18 Å². The van der Waals surface area contributed by atoms with Gasteiger partial charge in [0.2, 0.25) is 0 Å². The number of hydrogen-bond acceptors (Lipinski definition) is 4. The van der Waals surface area contributed by atoms with Crippen LogP contribution in [0.3, 0.4) is 0 Å². The average molecular weight is 430 g/mol. The number of aliphatic hydroxyl groups excluding tert-OH is 1. The lowest BCUT2D eigenvalue weighted by molar-refractivity contribution is 0.0847. The number of hydrogen-bond donors (Lipinski definition) is 2. The van der Waals surface area contributed by atoms with Gasteiger partial charge in [-0.3, -0.25) is 0 Å². The predicted octanol–water partition coefficient (Wildman–Crippen LogP) is 3.42. The summed E-state index contributed by atoms with van der Waals surface area (Å²) in [6.07, 6.45) is 1.34. The van der Waals surface area contributed by atoms with E-state index in [9.17, 15) is 14.3 Å². The average Bonchev–Trinajstić information content (AvgIpc) is 2.79. The van der Waals surface area contributed by atoms with Crippen molar-refractivity contribution in [3.05, 3.63) is 65.5 Å². The summed E-state index contributed by atoms with van der Waals surface area (Å²) in [5.41, 5.74) is 1.76. The molecular formula is C24H32FN3O3. The van der Waals surface area contributed by atoms with E-state index in [2.05, 4.69) is 10.2 Å². The zero-order valence-electron chi connectivity index (χ0n) is 18.3. The van der Waals surface area contributed by atoms with Crippen LogP contribution in [-0.4, -0.2) is 61.3 Å². The molecule has 0 aromatic heterocycles. The molecule has 2 amide bonds. The van der Waals surface area contributed by atoms with Crippen molar-refractivity contribution in [2.24, 2.45) is 5.92 Å². The molecule has 1 heterocycles. The standard InChI is InChI=1S/C24H32FN3O3/c1-27(24(30)26-15-18-3-9-22(31-2)10-4-18)16-19-11-13-28(14-12-19)17-23(29)20-5-7-21(25)8-6-20/h3-10,19,23,29H,11-17H2,1-2H3,(H,26,30). The van der Waals surface area contributed by atoms with Crippen LogP contribution < -0.4 is 10.1 Å². The number of methoxy groups -OCH3 is 1. The van der Waals surface area contributed by atoms with E-state index in [0.717, 1.165) is 42.8 Å². The highest BCUT2D eigenvalue weighted by Crippen LogP contribution is 2.22. The smallest absolute Gasteiger partial charge is 0.317 e. The summed E-state index contributed by atoms with van der Waals surface area (Å²) in [4.78, 5) is 16.4. The Hall–Kier alpha value is -2.64. The fourth-order valence-electron chi connectivity index (χ4n) is 3.91. The number of carbonyl (C=O) groups excluding carboxylic acids is 1. The van der Waals surface area contributed by atoms with E-state index >= 15 is 0 Å². The van der Waals surface area contributed by atoms with Crippen molar-refractivity contribution in [2.75, 3.05) is 40.3 Å². The van der Waals surface area contributed by atoms with E-state index in [1.54, 1.807) is 24.1 Å². The van der Waals surface area contributed by atoms with Crippen LogP contribution in [0.1, 0.15) is 30.1 Å². The molecule has 1 saturated heterocycles. The van der Waals surface area contributed by atoms with Crippen molar-refractivity contribution < 1.29 is 19.0 Å². The van der Waals surface area contributed by atoms with Crippen molar-refractivity contribution in [2.45, 2.75) is 25.5 Å². The minimum atomic E-state index is -0.622. The van der Waals surface area contributed by atoms with Gasteiger partial charge < -0.3 is 25.0 Å². The third-order valence-corrected chi connectivity index (χ3v) is 5.87. The van der Waals surface area contributed by atoms with Crippen molar-refractivity contribution in [3.63, 3.8) is 0 Å². The Labute approximate surface area is 183 Å². The summed E-state index contributed by atoms with van der Waals surface area (Å²) in [5, 5.41) is 13.4. The number of nitrogens with one attached hydrogen (secondary N) is 1. The minimum absolute atomic E-state index is 0.0787. The van der Waals surface area contributed by atoms with Gasteiger partial charge in [-0.15, -0.1) is 0 Å². The Morgan fingerprint density at radius 1 is 1.19 bits per heavy atom. The second-order valence-corrected chi connectivity index (χ2v) is 8.20. The molecule has 1 unspecified atom stereocenters. The molecule has 1 atom stereocenters. The van der Waals surface area contributed by atoms with Gasteiger partial charge in [0.25, 0.3) is 0 Å². The summed E-state index contributed by atoms with van der Waals surface area (Å²) < 4.78 is 18.2. The fraction of sp³-hybridized carbons (Fsp3) is 0.458. The third kappa shape index (κ3) is 6.94. The summed E-state index contributed by atoms with van der Waals surface area (Å²) in [7, 11) is 3.46. The monoisotopic (exact) mass is 429 g/mol. The normalized spacial score (nSPS) is 16.0. The lowest BCUT2D eigenvalue weighted by Gasteiger charge is -2.34. The first kappa shape index (κ1) is 23.0. The fourth-order valence-corrected chi connectivity index (χ4v) is 3.91. The molecule has 168 valence electrons. The number of benzene rings is 2. The first-order chi connectivity index (χ1) is 14.9. The van der Waals surface area contributed by atoms with Gasteiger partial charge in [-0.1, -0.05) is 24.3 Å². The highest BCUT2D eigenvalue weighted by Gasteiger charge is 2.23. The van der Waals surface area contributed by atoms with E-state index in [1.807, 2.05) is 31.3 Å². The zero-order chi connectivity index (χ0) is 22.2. The highest BCUT2D eigenvalue weighted by molar-refractivity contribution is 5.73. The van der Waals surface area contributed by atoms with Crippen LogP contribution in [0, 0.1) is 11.7 Å². The van der Waals surface area contributed by atoms with Crippen molar-refractivity contribution in [1.82, 2.24) is 15.1 Å². The van der Waals surface area contributed by atoms with Gasteiger partial charge in [0, 0.05) is 26.7 Å². The molecule has 0 spiro atoms. The van der Waals surface area contributed by atoms with Crippen LogP contribution >= 0.6 is 0 Å². The highest BCUT2D eigenvalue weighted by atomic mass is 19.1. The van der Waals surface area contributed by atoms with Crippen LogP contribution in [0.5, 0.6) is 5.75 Å². The van der Waals surface area contributed by atoms with Gasteiger partial charge in [0.05, 0.1) is 13.2 Å². The Morgan fingerprint density at radius 2 is 1.84 bits per heavy atom. The van der Waals surface area contributed by atoms with Gasteiger partial charge in [-0.2, -0.15) is 0 Å². The molecule has 2 N–H and O–H groups in total. The topological polar surface area (TPSA) is 65.0 Å². The SMILES string of the molecule is COc1ccc(CNC(=O)N(C)CC2CCN(CC(O)c3ccc(F)cc3)CC2)cc1. The van der Waals surface area contributed by atoms with E-state index in [0.29, 0.717) is 25.6 Å². The maximum Gasteiger partial charge on any atom is 0.317 e. The molecule has 0 aliphatic carbocycles. The van der Waals surface area contributed by atoms with E-state index in [4.69, 9.17) is 4.74 Å². The van der Waals surface area contributed by atoms with Gasteiger partial charge in [-0.25, -0.2) is 9.18 Å². The molecule has 2 aromatic rings. The van der Waals surface area contributed by atoms with Crippen molar-refractivity contribution >= 4 is 6.03 Å². The molecule has 0 saturated carbocycles. The first-order valence-electron chi connectivity index (χ1n) is 10.7. The van der Waals surface area contributed by atoms with Crippen LogP contribution in [0.2, 0.25) is 0 Å². The molecule has 3 rings (SSSR count). The molecule has 6 nitrogen and oxygen atoms in total. The van der Waals surface area contributed by atoms with Gasteiger partial charge in [0.1, 0.15) is 11.6 Å². The van der Waals surface area contributed by atoms with Gasteiger partial charge >= 0.3 is 6.03 Å². The van der Waals surface area contributed by atoms with Crippen molar-refractivity contribution in [1.29, 1.82) is 0 Å². The Balaban J connectivity index is 1.37. The molecule has 0 radical (unpaired) electrons.